The van der Waals surface area contributed by atoms with Crippen LogP contribution in [0.4, 0.5) is 0 Å². The van der Waals surface area contributed by atoms with Crippen molar-refractivity contribution in [2.75, 3.05) is 21.0 Å². The van der Waals surface area contributed by atoms with Crippen molar-refractivity contribution in [1.29, 1.82) is 0 Å². The molecule has 0 aromatic heterocycles. The highest BCUT2D eigenvalue weighted by Gasteiger charge is 2.18. The summed E-state index contributed by atoms with van der Waals surface area (Å²) in [6.07, 6.45) is 3.00. The number of phenolic OH excluding ortho intramolecular Hbond substituents is 1. The largest absolute Gasteiger partial charge is 0.504 e. The van der Waals surface area contributed by atoms with Crippen molar-refractivity contribution in [2.24, 2.45) is 0 Å². The van der Waals surface area contributed by atoms with Gasteiger partial charge in [-0.3, -0.25) is 4.79 Å². The molecule has 1 aliphatic rings. The summed E-state index contributed by atoms with van der Waals surface area (Å²) >= 11 is 0. The van der Waals surface area contributed by atoms with Gasteiger partial charge in [-0.05, 0) is 35.9 Å². The lowest BCUT2D eigenvalue weighted by Crippen LogP contribution is -1.97. The average Bonchev–Trinajstić information content (AvgIpc) is 3.08. The fraction of sp³-hybridized carbons (Fsp3) is 0.167. The van der Waals surface area contributed by atoms with Gasteiger partial charge in [0.05, 0.1) is 14.2 Å². The first kappa shape index (κ1) is 15.7. The standard InChI is InChI=1S/C18H16O6/c1-21-13-7-12(8-14(9-13)22-2)15(19)4-3-11-5-16(20)18-17(6-11)23-10-24-18/h3-9,20H,10H2,1-2H3. The molecule has 0 spiro atoms. The molecule has 6 heteroatoms. The second-order valence-electron chi connectivity index (χ2n) is 5.07. The van der Waals surface area contributed by atoms with Gasteiger partial charge in [0.25, 0.3) is 0 Å². The third-order valence-electron chi connectivity index (χ3n) is 3.54. The Hall–Kier alpha value is -3.15. The zero-order valence-electron chi connectivity index (χ0n) is 13.2. The van der Waals surface area contributed by atoms with Crippen molar-refractivity contribution in [3.05, 3.63) is 47.5 Å². The molecule has 3 rings (SSSR count). The van der Waals surface area contributed by atoms with Gasteiger partial charge in [0.2, 0.25) is 12.5 Å². The third kappa shape index (κ3) is 3.12. The van der Waals surface area contributed by atoms with Crippen LogP contribution in [0.15, 0.2) is 36.4 Å². The monoisotopic (exact) mass is 328 g/mol. The Morgan fingerprint density at radius 2 is 1.79 bits per heavy atom. The molecule has 2 aromatic rings. The fourth-order valence-corrected chi connectivity index (χ4v) is 2.33. The van der Waals surface area contributed by atoms with Crippen LogP contribution in [0.3, 0.4) is 0 Å². The summed E-state index contributed by atoms with van der Waals surface area (Å²) in [5.74, 6) is 1.59. The number of fused-ring (bicyclic) bond motifs is 1. The molecule has 0 saturated heterocycles. The van der Waals surface area contributed by atoms with Crippen LogP contribution in [0.25, 0.3) is 6.08 Å². The predicted octanol–water partition coefficient (Wildman–Crippen LogP) is 3.03. The lowest BCUT2D eigenvalue weighted by Gasteiger charge is -2.06. The van der Waals surface area contributed by atoms with Crippen LogP contribution in [0.1, 0.15) is 15.9 Å². The van der Waals surface area contributed by atoms with Gasteiger partial charge in [0, 0.05) is 11.6 Å². The molecule has 24 heavy (non-hydrogen) atoms. The van der Waals surface area contributed by atoms with Crippen LogP contribution in [-0.2, 0) is 0 Å². The molecule has 0 fully saturated rings. The van der Waals surface area contributed by atoms with E-state index in [1.54, 1.807) is 30.3 Å². The second-order valence-corrected chi connectivity index (χ2v) is 5.07. The van der Waals surface area contributed by atoms with E-state index >= 15 is 0 Å². The molecule has 0 unspecified atom stereocenters. The van der Waals surface area contributed by atoms with Gasteiger partial charge in [0.1, 0.15) is 11.5 Å². The summed E-state index contributed by atoms with van der Waals surface area (Å²) in [7, 11) is 3.04. The summed E-state index contributed by atoms with van der Waals surface area (Å²) < 4.78 is 20.7. The Bertz CT molecular complexity index is 787. The molecular formula is C18H16O6. The summed E-state index contributed by atoms with van der Waals surface area (Å²) in [6.45, 7) is 0.0681. The van der Waals surface area contributed by atoms with Crippen molar-refractivity contribution in [1.82, 2.24) is 0 Å². The van der Waals surface area contributed by atoms with E-state index in [2.05, 4.69) is 0 Å². The molecule has 0 radical (unpaired) electrons. The third-order valence-corrected chi connectivity index (χ3v) is 3.54. The number of hydrogen-bond acceptors (Lipinski definition) is 6. The van der Waals surface area contributed by atoms with E-state index < -0.39 is 0 Å². The predicted molar refractivity (Wildman–Crippen MR) is 87.1 cm³/mol. The maximum Gasteiger partial charge on any atom is 0.231 e. The normalized spacial score (nSPS) is 12.4. The van der Waals surface area contributed by atoms with Gasteiger partial charge in [0.15, 0.2) is 17.3 Å². The van der Waals surface area contributed by atoms with Gasteiger partial charge >= 0.3 is 0 Å². The maximum absolute atomic E-state index is 12.4. The molecule has 2 aromatic carbocycles. The number of ether oxygens (including phenoxy) is 4. The van der Waals surface area contributed by atoms with Crippen molar-refractivity contribution in [2.45, 2.75) is 0 Å². The van der Waals surface area contributed by atoms with Gasteiger partial charge < -0.3 is 24.1 Å². The number of benzene rings is 2. The van der Waals surface area contributed by atoms with E-state index in [-0.39, 0.29) is 18.3 Å². The van der Waals surface area contributed by atoms with Crippen LogP contribution in [0, 0.1) is 0 Å². The number of allylic oxidation sites excluding steroid dienone is 1. The number of hydrogen-bond donors (Lipinski definition) is 1. The fourth-order valence-electron chi connectivity index (χ4n) is 2.33. The minimum atomic E-state index is -0.218. The topological polar surface area (TPSA) is 74.2 Å². The van der Waals surface area contributed by atoms with Gasteiger partial charge in [-0.15, -0.1) is 0 Å². The molecule has 0 atom stereocenters. The zero-order valence-corrected chi connectivity index (χ0v) is 13.2. The van der Waals surface area contributed by atoms with Gasteiger partial charge in [-0.1, -0.05) is 6.08 Å². The Labute approximate surface area is 138 Å². The van der Waals surface area contributed by atoms with Gasteiger partial charge in [-0.25, -0.2) is 0 Å². The van der Waals surface area contributed by atoms with Crippen LogP contribution in [0.5, 0.6) is 28.7 Å². The van der Waals surface area contributed by atoms with E-state index in [0.29, 0.717) is 34.1 Å². The Kier molecular flexibility index (Phi) is 4.29. The van der Waals surface area contributed by atoms with Crippen LogP contribution in [-0.4, -0.2) is 31.9 Å². The van der Waals surface area contributed by atoms with E-state index in [1.165, 1.54) is 26.4 Å². The average molecular weight is 328 g/mol. The second kappa shape index (κ2) is 6.54. The summed E-state index contributed by atoms with van der Waals surface area (Å²) in [5.41, 5.74) is 1.06. The van der Waals surface area contributed by atoms with E-state index in [0.717, 1.165) is 0 Å². The number of aromatic hydroxyl groups is 1. The number of ketones is 1. The number of carbonyl (C=O) groups is 1. The van der Waals surface area contributed by atoms with Crippen LogP contribution < -0.4 is 18.9 Å². The summed E-state index contributed by atoms with van der Waals surface area (Å²) in [6, 6.07) is 8.15. The molecule has 0 bridgehead atoms. The quantitative estimate of drug-likeness (QED) is 0.672. The highest BCUT2D eigenvalue weighted by molar-refractivity contribution is 6.07. The molecular weight excluding hydrogens is 312 g/mol. The molecule has 1 N–H and O–H groups in total. The molecule has 0 saturated carbocycles. The number of methoxy groups -OCH3 is 2. The number of phenols is 1. The molecule has 0 aliphatic carbocycles. The SMILES string of the molecule is COc1cc(OC)cc(C(=O)C=Cc2cc(O)c3c(c2)OCO3)c1. The van der Waals surface area contributed by atoms with Gasteiger partial charge in [-0.2, -0.15) is 0 Å². The molecule has 1 heterocycles. The van der Waals surface area contributed by atoms with Crippen molar-refractivity contribution < 1.29 is 28.8 Å². The lowest BCUT2D eigenvalue weighted by molar-refractivity contribution is 0.104. The first-order chi connectivity index (χ1) is 11.6. The molecule has 6 nitrogen and oxygen atoms in total. The number of carbonyl (C=O) groups excluding carboxylic acids is 1. The van der Waals surface area contributed by atoms with Crippen molar-refractivity contribution in [3.8, 4) is 28.7 Å². The Morgan fingerprint density at radius 3 is 2.46 bits per heavy atom. The first-order valence-electron chi connectivity index (χ1n) is 7.19. The van der Waals surface area contributed by atoms with E-state index in [1.807, 2.05) is 0 Å². The van der Waals surface area contributed by atoms with Crippen LogP contribution >= 0.6 is 0 Å². The molecule has 124 valence electrons. The minimum Gasteiger partial charge on any atom is -0.504 e. The Morgan fingerprint density at radius 1 is 1.08 bits per heavy atom. The summed E-state index contributed by atoms with van der Waals surface area (Å²) in [5, 5.41) is 9.87. The van der Waals surface area contributed by atoms with Crippen molar-refractivity contribution >= 4 is 11.9 Å². The molecule has 0 amide bonds. The Balaban J connectivity index is 1.84. The smallest absolute Gasteiger partial charge is 0.231 e. The maximum atomic E-state index is 12.4. The summed E-state index contributed by atoms with van der Waals surface area (Å²) in [4.78, 5) is 12.4. The first-order valence-corrected chi connectivity index (χ1v) is 7.19. The van der Waals surface area contributed by atoms with Crippen LogP contribution in [0.2, 0.25) is 0 Å². The highest BCUT2D eigenvalue weighted by Crippen LogP contribution is 2.41. The minimum absolute atomic E-state index is 0.0276. The lowest BCUT2D eigenvalue weighted by atomic mass is 10.1. The highest BCUT2D eigenvalue weighted by atomic mass is 16.7. The molecule has 1 aliphatic heterocycles. The van der Waals surface area contributed by atoms with E-state index in [4.69, 9.17) is 18.9 Å². The zero-order chi connectivity index (χ0) is 17.1. The number of rotatable bonds is 5. The van der Waals surface area contributed by atoms with Crippen molar-refractivity contribution in [3.63, 3.8) is 0 Å². The van der Waals surface area contributed by atoms with E-state index in [9.17, 15) is 9.90 Å².